The molecule has 1 heterocycles. The summed E-state index contributed by atoms with van der Waals surface area (Å²) in [5.41, 5.74) is 5.67. The summed E-state index contributed by atoms with van der Waals surface area (Å²) in [4.78, 5) is 5.35. The number of piperazine rings is 1. The van der Waals surface area contributed by atoms with Crippen LogP contribution >= 0.6 is 0 Å². The molecular formula is C14H29N3. The fourth-order valence-corrected chi connectivity index (χ4v) is 3.14. The van der Waals surface area contributed by atoms with E-state index < -0.39 is 0 Å². The van der Waals surface area contributed by atoms with Gasteiger partial charge in [0.05, 0.1) is 0 Å². The van der Waals surface area contributed by atoms with Crippen LogP contribution in [0, 0.1) is 5.92 Å². The van der Waals surface area contributed by atoms with Crippen LogP contribution in [0.1, 0.15) is 39.0 Å². The Labute approximate surface area is 106 Å². The molecule has 0 amide bonds. The summed E-state index contributed by atoms with van der Waals surface area (Å²) in [6.45, 7) is 9.47. The van der Waals surface area contributed by atoms with Crippen molar-refractivity contribution in [3.63, 3.8) is 0 Å². The molecule has 0 aromatic heterocycles. The first-order valence-corrected chi connectivity index (χ1v) is 7.46. The highest BCUT2D eigenvalue weighted by molar-refractivity contribution is 4.82. The van der Waals surface area contributed by atoms with Gasteiger partial charge in [-0.15, -0.1) is 0 Å². The highest BCUT2D eigenvalue weighted by atomic mass is 15.3. The van der Waals surface area contributed by atoms with Gasteiger partial charge in [-0.05, 0) is 38.3 Å². The minimum absolute atomic E-state index is 0.683. The van der Waals surface area contributed by atoms with Crippen LogP contribution in [-0.2, 0) is 0 Å². The van der Waals surface area contributed by atoms with E-state index in [9.17, 15) is 0 Å². The zero-order valence-electron chi connectivity index (χ0n) is 11.4. The van der Waals surface area contributed by atoms with Gasteiger partial charge in [0.15, 0.2) is 0 Å². The van der Waals surface area contributed by atoms with Crippen LogP contribution in [0.25, 0.3) is 0 Å². The predicted molar refractivity (Wildman–Crippen MR) is 73.1 cm³/mol. The lowest BCUT2D eigenvalue weighted by atomic mass is 10.1. The number of rotatable bonds is 5. The first-order chi connectivity index (χ1) is 8.29. The molecule has 0 bridgehead atoms. The molecule has 1 unspecified atom stereocenters. The summed E-state index contributed by atoms with van der Waals surface area (Å²) >= 11 is 0. The third-order valence-electron chi connectivity index (χ3n) is 4.59. The lowest BCUT2D eigenvalue weighted by Gasteiger charge is -2.38. The molecule has 1 atom stereocenters. The van der Waals surface area contributed by atoms with Gasteiger partial charge in [0.2, 0.25) is 0 Å². The average Bonchev–Trinajstić information content (AvgIpc) is 2.90. The van der Waals surface area contributed by atoms with Crippen molar-refractivity contribution >= 4 is 0 Å². The molecule has 100 valence electrons. The Bertz CT molecular complexity index is 206. The molecule has 0 aromatic rings. The van der Waals surface area contributed by atoms with Gasteiger partial charge in [-0.3, -0.25) is 4.90 Å². The standard InChI is InChI=1S/C14H29N3/c1-13(12-15)6-7-16-8-10-17(11-9-16)14-4-2-3-5-14/h13-14H,2-12,15H2,1H3. The minimum Gasteiger partial charge on any atom is -0.330 e. The molecule has 0 aromatic carbocycles. The molecule has 0 spiro atoms. The summed E-state index contributed by atoms with van der Waals surface area (Å²) in [6.07, 6.45) is 7.08. The quantitative estimate of drug-likeness (QED) is 0.790. The summed E-state index contributed by atoms with van der Waals surface area (Å²) in [6, 6.07) is 0.917. The Kier molecular flexibility index (Phi) is 5.26. The molecule has 3 heteroatoms. The smallest absolute Gasteiger partial charge is 0.0113 e. The second-order valence-corrected chi connectivity index (χ2v) is 5.95. The lowest BCUT2D eigenvalue weighted by molar-refractivity contribution is 0.0947. The van der Waals surface area contributed by atoms with Gasteiger partial charge in [0.25, 0.3) is 0 Å². The topological polar surface area (TPSA) is 32.5 Å². The molecule has 1 saturated carbocycles. The molecule has 1 saturated heterocycles. The number of hydrogen-bond acceptors (Lipinski definition) is 3. The van der Waals surface area contributed by atoms with E-state index in [0.29, 0.717) is 5.92 Å². The lowest BCUT2D eigenvalue weighted by Crippen LogP contribution is -2.49. The fraction of sp³-hybridized carbons (Fsp3) is 1.00. The Morgan fingerprint density at radius 1 is 1.12 bits per heavy atom. The molecular weight excluding hydrogens is 210 g/mol. The van der Waals surface area contributed by atoms with Crippen LogP contribution in [0.3, 0.4) is 0 Å². The zero-order valence-corrected chi connectivity index (χ0v) is 11.4. The van der Waals surface area contributed by atoms with Gasteiger partial charge < -0.3 is 10.6 Å². The van der Waals surface area contributed by atoms with E-state index in [1.807, 2.05) is 0 Å². The molecule has 0 radical (unpaired) electrons. The van der Waals surface area contributed by atoms with Crippen LogP contribution in [0.4, 0.5) is 0 Å². The van der Waals surface area contributed by atoms with E-state index in [2.05, 4.69) is 16.7 Å². The first-order valence-electron chi connectivity index (χ1n) is 7.46. The van der Waals surface area contributed by atoms with Crippen molar-refractivity contribution in [2.24, 2.45) is 11.7 Å². The monoisotopic (exact) mass is 239 g/mol. The van der Waals surface area contributed by atoms with Crippen molar-refractivity contribution in [3.05, 3.63) is 0 Å². The largest absolute Gasteiger partial charge is 0.330 e. The molecule has 2 N–H and O–H groups in total. The second kappa shape index (κ2) is 6.72. The van der Waals surface area contributed by atoms with Crippen LogP contribution < -0.4 is 5.73 Å². The molecule has 3 nitrogen and oxygen atoms in total. The van der Waals surface area contributed by atoms with Crippen LogP contribution in [0.2, 0.25) is 0 Å². The maximum Gasteiger partial charge on any atom is 0.0113 e. The Hall–Kier alpha value is -0.120. The molecule has 2 rings (SSSR count). The number of hydrogen-bond donors (Lipinski definition) is 1. The minimum atomic E-state index is 0.683. The summed E-state index contributed by atoms with van der Waals surface area (Å²) in [5, 5.41) is 0. The molecule has 2 aliphatic rings. The third-order valence-corrected chi connectivity index (χ3v) is 4.59. The molecule has 2 fully saturated rings. The summed E-state index contributed by atoms with van der Waals surface area (Å²) in [7, 11) is 0. The fourth-order valence-electron chi connectivity index (χ4n) is 3.14. The van der Waals surface area contributed by atoms with Crippen molar-refractivity contribution in [1.82, 2.24) is 9.80 Å². The van der Waals surface area contributed by atoms with Crippen LogP contribution in [-0.4, -0.2) is 55.1 Å². The maximum atomic E-state index is 5.67. The van der Waals surface area contributed by atoms with E-state index in [1.54, 1.807) is 0 Å². The van der Waals surface area contributed by atoms with Gasteiger partial charge in [0, 0.05) is 32.2 Å². The Balaban J connectivity index is 1.63. The van der Waals surface area contributed by atoms with Crippen molar-refractivity contribution in [3.8, 4) is 0 Å². The van der Waals surface area contributed by atoms with E-state index >= 15 is 0 Å². The molecule has 1 aliphatic heterocycles. The van der Waals surface area contributed by atoms with E-state index in [1.165, 1.54) is 64.8 Å². The van der Waals surface area contributed by atoms with Gasteiger partial charge in [-0.25, -0.2) is 0 Å². The van der Waals surface area contributed by atoms with Crippen LogP contribution in [0.5, 0.6) is 0 Å². The molecule has 1 aliphatic carbocycles. The van der Waals surface area contributed by atoms with Crippen molar-refractivity contribution in [2.75, 3.05) is 39.3 Å². The normalized spacial score (nSPS) is 26.5. The predicted octanol–water partition coefficient (Wildman–Crippen LogP) is 1.53. The van der Waals surface area contributed by atoms with Gasteiger partial charge in [-0.2, -0.15) is 0 Å². The first kappa shape index (κ1) is 13.3. The summed E-state index contributed by atoms with van der Waals surface area (Å²) in [5.74, 6) is 0.683. The number of nitrogens with zero attached hydrogens (tertiary/aromatic N) is 2. The van der Waals surface area contributed by atoms with E-state index in [4.69, 9.17) is 5.73 Å². The van der Waals surface area contributed by atoms with Gasteiger partial charge in [-0.1, -0.05) is 19.8 Å². The number of nitrogens with two attached hydrogens (primary N) is 1. The summed E-state index contributed by atoms with van der Waals surface area (Å²) < 4.78 is 0. The SMILES string of the molecule is CC(CN)CCN1CCN(C2CCCC2)CC1. The van der Waals surface area contributed by atoms with Crippen LogP contribution in [0.15, 0.2) is 0 Å². The highest BCUT2D eigenvalue weighted by Gasteiger charge is 2.25. The zero-order chi connectivity index (χ0) is 12.1. The van der Waals surface area contributed by atoms with Crippen molar-refractivity contribution < 1.29 is 0 Å². The Morgan fingerprint density at radius 3 is 2.35 bits per heavy atom. The van der Waals surface area contributed by atoms with Gasteiger partial charge >= 0.3 is 0 Å². The highest BCUT2D eigenvalue weighted by Crippen LogP contribution is 2.24. The molecule has 17 heavy (non-hydrogen) atoms. The van der Waals surface area contributed by atoms with E-state index in [-0.39, 0.29) is 0 Å². The average molecular weight is 239 g/mol. The van der Waals surface area contributed by atoms with Crippen molar-refractivity contribution in [1.29, 1.82) is 0 Å². The van der Waals surface area contributed by atoms with E-state index in [0.717, 1.165) is 12.6 Å². The Morgan fingerprint density at radius 2 is 1.76 bits per heavy atom. The second-order valence-electron chi connectivity index (χ2n) is 5.95. The van der Waals surface area contributed by atoms with Crippen molar-refractivity contribution in [2.45, 2.75) is 45.1 Å². The van der Waals surface area contributed by atoms with Gasteiger partial charge in [0.1, 0.15) is 0 Å². The maximum absolute atomic E-state index is 5.67. The third kappa shape index (κ3) is 3.94.